The summed E-state index contributed by atoms with van der Waals surface area (Å²) in [5.41, 5.74) is -0.0292. The van der Waals surface area contributed by atoms with Crippen LogP contribution >= 0.6 is 0 Å². The number of fused-ring (bicyclic) bond motifs is 1. The highest BCUT2D eigenvalue weighted by molar-refractivity contribution is 7.89. The van der Waals surface area contributed by atoms with E-state index in [1.165, 1.54) is 12.1 Å². The molecule has 2 N–H and O–H groups in total. The molecule has 1 amide bonds. The van der Waals surface area contributed by atoms with E-state index in [0.717, 1.165) is 10.8 Å². The lowest BCUT2D eigenvalue weighted by atomic mass is 10.1. The van der Waals surface area contributed by atoms with Crippen molar-refractivity contribution in [2.75, 3.05) is 5.32 Å². The summed E-state index contributed by atoms with van der Waals surface area (Å²) < 4.78 is 32.3. The summed E-state index contributed by atoms with van der Waals surface area (Å²) in [7, 11) is -3.83. The van der Waals surface area contributed by atoms with Crippen LogP contribution in [0.15, 0.2) is 64.1 Å². The van der Waals surface area contributed by atoms with Gasteiger partial charge in [0, 0.05) is 16.6 Å². The number of furan rings is 1. The molecular formula is C19H20N2O4S. The summed E-state index contributed by atoms with van der Waals surface area (Å²) in [4.78, 5) is 12.5. The van der Waals surface area contributed by atoms with Gasteiger partial charge in [-0.1, -0.05) is 36.4 Å². The number of nitrogens with one attached hydrogen (secondary N) is 2. The fraction of sp³-hybridized carbons (Fsp3) is 0.211. The third kappa shape index (κ3) is 3.95. The number of hydrogen-bond acceptors (Lipinski definition) is 4. The van der Waals surface area contributed by atoms with Crippen LogP contribution < -0.4 is 10.0 Å². The van der Waals surface area contributed by atoms with Crippen LogP contribution in [0.25, 0.3) is 10.8 Å². The second-order valence-corrected chi connectivity index (χ2v) is 8.57. The number of hydrogen-bond donors (Lipinski definition) is 2. The Morgan fingerprint density at radius 2 is 1.65 bits per heavy atom. The Labute approximate surface area is 152 Å². The predicted molar refractivity (Wildman–Crippen MR) is 101 cm³/mol. The van der Waals surface area contributed by atoms with Crippen LogP contribution in [0.1, 0.15) is 31.3 Å². The second kappa shape index (κ2) is 6.59. The molecule has 26 heavy (non-hydrogen) atoms. The van der Waals surface area contributed by atoms with E-state index >= 15 is 0 Å². The van der Waals surface area contributed by atoms with Crippen LogP contribution in [0, 0.1) is 0 Å². The maximum Gasteiger partial charge on any atom is 0.291 e. The third-order valence-corrected chi connectivity index (χ3v) is 5.18. The fourth-order valence-electron chi connectivity index (χ4n) is 2.56. The lowest BCUT2D eigenvalue weighted by Crippen LogP contribution is -2.40. The van der Waals surface area contributed by atoms with Crippen LogP contribution in [-0.2, 0) is 10.0 Å². The molecule has 0 saturated heterocycles. The van der Waals surface area contributed by atoms with Gasteiger partial charge in [0.1, 0.15) is 0 Å². The van der Waals surface area contributed by atoms with E-state index in [9.17, 15) is 13.2 Å². The Morgan fingerprint density at radius 3 is 2.38 bits per heavy atom. The van der Waals surface area contributed by atoms with Gasteiger partial charge in [-0.15, -0.1) is 0 Å². The van der Waals surface area contributed by atoms with Gasteiger partial charge in [0.25, 0.3) is 15.9 Å². The van der Waals surface area contributed by atoms with Gasteiger partial charge >= 0.3 is 0 Å². The molecular weight excluding hydrogens is 352 g/mol. The Morgan fingerprint density at radius 1 is 0.962 bits per heavy atom. The van der Waals surface area contributed by atoms with E-state index in [1.54, 1.807) is 26.8 Å². The summed E-state index contributed by atoms with van der Waals surface area (Å²) in [6.45, 7) is 5.17. The van der Waals surface area contributed by atoms with Gasteiger partial charge in [-0.05, 0) is 44.4 Å². The molecule has 0 aliphatic heterocycles. The second-order valence-electron chi connectivity index (χ2n) is 6.96. The average Bonchev–Trinajstić information content (AvgIpc) is 3.04. The van der Waals surface area contributed by atoms with Crippen molar-refractivity contribution in [2.24, 2.45) is 0 Å². The first-order chi connectivity index (χ1) is 12.2. The molecule has 2 aromatic carbocycles. The van der Waals surface area contributed by atoms with E-state index < -0.39 is 21.5 Å². The Bertz CT molecular complexity index is 1060. The maximum atomic E-state index is 12.5. The van der Waals surface area contributed by atoms with Crippen molar-refractivity contribution in [3.63, 3.8) is 0 Å². The molecule has 0 aliphatic rings. The maximum absolute atomic E-state index is 12.5. The van der Waals surface area contributed by atoms with Gasteiger partial charge in [0.15, 0.2) is 5.76 Å². The van der Waals surface area contributed by atoms with E-state index in [-0.39, 0.29) is 10.9 Å². The Balaban J connectivity index is 1.85. The number of benzene rings is 2. The molecule has 3 rings (SSSR count). The van der Waals surface area contributed by atoms with Crippen molar-refractivity contribution in [3.05, 3.63) is 60.4 Å². The highest BCUT2D eigenvalue weighted by atomic mass is 32.2. The molecule has 7 heteroatoms. The van der Waals surface area contributed by atoms with E-state index in [1.807, 2.05) is 36.4 Å². The smallest absolute Gasteiger partial charge is 0.291 e. The zero-order valence-electron chi connectivity index (χ0n) is 14.7. The van der Waals surface area contributed by atoms with Crippen molar-refractivity contribution < 1.29 is 17.6 Å². The van der Waals surface area contributed by atoms with Crippen LogP contribution in [0.5, 0.6) is 0 Å². The summed E-state index contributed by atoms with van der Waals surface area (Å²) in [5, 5.41) is 4.35. The molecule has 0 aliphatic carbocycles. The van der Waals surface area contributed by atoms with Crippen LogP contribution in [0.2, 0.25) is 0 Å². The highest BCUT2D eigenvalue weighted by Gasteiger charge is 2.26. The molecule has 0 saturated carbocycles. The molecule has 3 aromatic rings. The highest BCUT2D eigenvalue weighted by Crippen LogP contribution is 2.24. The van der Waals surface area contributed by atoms with Crippen molar-refractivity contribution in [3.8, 4) is 0 Å². The van der Waals surface area contributed by atoms with E-state index in [4.69, 9.17) is 4.42 Å². The molecule has 6 nitrogen and oxygen atoms in total. The fourth-order valence-corrected chi connectivity index (χ4v) is 3.91. The molecule has 0 atom stereocenters. The molecule has 1 aromatic heterocycles. The normalized spacial score (nSPS) is 12.3. The number of rotatable bonds is 4. The molecule has 0 unspecified atom stereocenters. The van der Waals surface area contributed by atoms with E-state index in [2.05, 4.69) is 10.0 Å². The molecule has 0 spiro atoms. The van der Waals surface area contributed by atoms with Gasteiger partial charge in [0.05, 0.1) is 0 Å². The molecule has 1 heterocycles. The number of sulfonamides is 1. The van der Waals surface area contributed by atoms with Crippen molar-refractivity contribution in [1.82, 2.24) is 4.72 Å². The summed E-state index contributed by atoms with van der Waals surface area (Å²) in [6, 6.07) is 15.8. The third-order valence-electron chi connectivity index (χ3n) is 3.55. The number of carbonyl (C=O) groups excluding carboxylic acids is 1. The lowest BCUT2D eigenvalue weighted by molar-refractivity contribution is 0.0991. The number of carbonyl (C=O) groups is 1. The minimum Gasteiger partial charge on any atom is -0.438 e. The summed E-state index contributed by atoms with van der Waals surface area (Å²) in [6.07, 6.45) is 0. The summed E-state index contributed by atoms with van der Waals surface area (Å²) >= 11 is 0. The van der Waals surface area contributed by atoms with Crippen LogP contribution in [0.4, 0.5) is 5.69 Å². The van der Waals surface area contributed by atoms with Crippen molar-refractivity contribution >= 4 is 32.4 Å². The standard InChI is InChI=1S/C19H20N2O4S/c1-19(2,3)21-26(23,24)17-12-11-16(25-17)18(22)20-15-10-6-8-13-7-4-5-9-14(13)15/h4-12,21H,1-3H3,(H,20,22). The molecule has 0 bridgehead atoms. The van der Waals surface area contributed by atoms with Gasteiger partial charge in [-0.2, -0.15) is 0 Å². The topological polar surface area (TPSA) is 88.4 Å². The number of anilines is 1. The van der Waals surface area contributed by atoms with Crippen molar-refractivity contribution in [2.45, 2.75) is 31.4 Å². The molecule has 136 valence electrons. The Kier molecular flexibility index (Phi) is 4.60. The molecule has 0 radical (unpaired) electrons. The van der Waals surface area contributed by atoms with Gasteiger partial charge in [0.2, 0.25) is 5.09 Å². The minimum absolute atomic E-state index is 0.0766. The zero-order chi connectivity index (χ0) is 18.9. The van der Waals surface area contributed by atoms with E-state index in [0.29, 0.717) is 5.69 Å². The zero-order valence-corrected chi connectivity index (χ0v) is 15.6. The first-order valence-corrected chi connectivity index (χ1v) is 9.57. The molecule has 0 fully saturated rings. The SMILES string of the molecule is CC(C)(C)NS(=O)(=O)c1ccc(C(=O)Nc2cccc3ccccc23)o1. The Hall–Kier alpha value is -2.64. The first-order valence-electron chi connectivity index (χ1n) is 8.09. The summed E-state index contributed by atoms with van der Waals surface area (Å²) in [5.74, 6) is -0.592. The van der Waals surface area contributed by atoms with Crippen LogP contribution in [-0.4, -0.2) is 19.9 Å². The minimum atomic E-state index is -3.83. The van der Waals surface area contributed by atoms with Crippen LogP contribution in [0.3, 0.4) is 0 Å². The monoisotopic (exact) mass is 372 g/mol. The van der Waals surface area contributed by atoms with Gasteiger partial charge in [-0.25, -0.2) is 13.1 Å². The first kappa shape index (κ1) is 18.2. The van der Waals surface area contributed by atoms with Crippen molar-refractivity contribution in [1.29, 1.82) is 0 Å². The average molecular weight is 372 g/mol. The predicted octanol–water partition coefficient (Wildman–Crippen LogP) is 3.76. The largest absolute Gasteiger partial charge is 0.438 e. The number of amides is 1. The van der Waals surface area contributed by atoms with Gasteiger partial charge < -0.3 is 9.73 Å². The quantitative estimate of drug-likeness (QED) is 0.730. The van der Waals surface area contributed by atoms with Gasteiger partial charge in [-0.3, -0.25) is 4.79 Å². The lowest BCUT2D eigenvalue weighted by Gasteiger charge is -2.18.